The number of nitrogens with zero attached hydrogens (tertiary/aromatic N) is 2. The molecule has 0 amide bonds. The zero-order chi connectivity index (χ0) is 9.68. The van der Waals surface area contributed by atoms with Crippen LogP contribution in [0, 0.1) is 0 Å². The summed E-state index contributed by atoms with van der Waals surface area (Å²) in [5.74, 6) is 2.05. The second kappa shape index (κ2) is 5.04. The van der Waals surface area contributed by atoms with Gasteiger partial charge in [-0.25, -0.2) is 9.97 Å². The minimum Gasteiger partial charge on any atom is -0.384 e. The lowest BCUT2D eigenvalue weighted by Crippen LogP contribution is -2.03. The number of rotatable bonds is 4. The van der Waals surface area contributed by atoms with Gasteiger partial charge in [0.05, 0.1) is 18.1 Å². The van der Waals surface area contributed by atoms with Gasteiger partial charge in [-0.3, -0.25) is 0 Å². The van der Waals surface area contributed by atoms with Crippen LogP contribution in [0.3, 0.4) is 0 Å². The molecule has 1 aromatic heterocycles. The Morgan fingerprint density at radius 1 is 1.54 bits per heavy atom. The molecule has 1 heterocycles. The van der Waals surface area contributed by atoms with Crippen LogP contribution in [0.5, 0.6) is 0 Å². The molecule has 5 heteroatoms. The fraction of sp³-hybridized carbons (Fsp3) is 0.500. The monoisotopic (exact) mass is 199 g/mol. The van der Waals surface area contributed by atoms with Crippen LogP contribution in [0.4, 0.5) is 5.82 Å². The van der Waals surface area contributed by atoms with Crippen LogP contribution in [0.25, 0.3) is 0 Å². The minimum atomic E-state index is 0.480. The Kier molecular flexibility index (Phi) is 3.98. The van der Waals surface area contributed by atoms with Crippen LogP contribution in [0.2, 0.25) is 0 Å². The third-order valence-electron chi connectivity index (χ3n) is 1.41. The topological polar surface area (TPSA) is 61.0 Å². The van der Waals surface area contributed by atoms with E-state index < -0.39 is 0 Å². The number of thioether (sulfide) groups is 1. The molecule has 13 heavy (non-hydrogen) atoms. The second-order valence-electron chi connectivity index (χ2n) is 2.57. The SMILES string of the molecule is COCc1cc(N)nc(CSC)n1. The molecule has 0 aliphatic carbocycles. The van der Waals surface area contributed by atoms with Crippen molar-refractivity contribution in [3.8, 4) is 0 Å². The van der Waals surface area contributed by atoms with Crippen molar-refractivity contribution in [3.05, 3.63) is 17.6 Å². The Balaban J connectivity index is 2.83. The van der Waals surface area contributed by atoms with Gasteiger partial charge in [0.25, 0.3) is 0 Å². The third kappa shape index (κ3) is 3.20. The van der Waals surface area contributed by atoms with E-state index in [2.05, 4.69) is 9.97 Å². The van der Waals surface area contributed by atoms with Gasteiger partial charge in [0.15, 0.2) is 0 Å². The van der Waals surface area contributed by atoms with E-state index in [9.17, 15) is 0 Å². The number of nitrogens with two attached hydrogens (primary N) is 1. The molecule has 0 spiro atoms. The van der Waals surface area contributed by atoms with Gasteiger partial charge < -0.3 is 10.5 Å². The molecule has 1 aromatic rings. The van der Waals surface area contributed by atoms with Crippen molar-refractivity contribution in [1.82, 2.24) is 9.97 Å². The average molecular weight is 199 g/mol. The summed E-state index contributed by atoms with van der Waals surface area (Å²) in [5, 5.41) is 0. The van der Waals surface area contributed by atoms with E-state index in [1.807, 2.05) is 6.26 Å². The molecule has 0 saturated carbocycles. The van der Waals surface area contributed by atoms with Crippen molar-refractivity contribution in [2.24, 2.45) is 0 Å². The molecule has 0 unspecified atom stereocenters. The number of hydrogen-bond donors (Lipinski definition) is 1. The number of hydrogen-bond acceptors (Lipinski definition) is 5. The molecular weight excluding hydrogens is 186 g/mol. The van der Waals surface area contributed by atoms with Crippen molar-refractivity contribution >= 4 is 17.6 Å². The first-order valence-electron chi connectivity index (χ1n) is 3.86. The highest BCUT2D eigenvalue weighted by Gasteiger charge is 2.01. The molecule has 0 saturated heterocycles. The summed E-state index contributed by atoms with van der Waals surface area (Å²) in [6.45, 7) is 0.480. The van der Waals surface area contributed by atoms with Crippen LogP contribution in [0.15, 0.2) is 6.07 Å². The fourth-order valence-corrected chi connectivity index (χ4v) is 1.38. The van der Waals surface area contributed by atoms with Crippen molar-refractivity contribution in [3.63, 3.8) is 0 Å². The van der Waals surface area contributed by atoms with Crippen molar-refractivity contribution in [2.75, 3.05) is 19.1 Å². The molecular formula is C8H13N3OS. The van der Waals surface area contributed by atoms with Gasteiger partial charge in [-0.15, -0.1) is 0 Å². The molecule has 0 aliphatic heterocycles. The number of anilines is 1. The van der Waals surface area contributed by atoms with Crippen LogP contribution in [-0.4, -0.2) is 23.3 Å². The van der Waals surface area contributed by atoms with Crippen LogP contribution < -0.4 is 5.73 Å². The maximum atomic E-state index is 5.60. The van der Waals surface area contributed by atoms with Crippen LogP contribution in [0.1, 0.15) is 11.5 Å². The van der Waals surface area contributed by atoms with Gasteiger partial charge in [0.2, 0.25) is 0 Å². The highest BCUT2D eigenvalue weighted by Crippen LogP contribution is 2.08. The van der Waals surface area contributed by atoms with E-state index in [-0.39, 0.29) is 0 Å². The largest absolute Gasteiger partial charge is 0.384 e. The molecule has 0 bridgehead atoms. The van der Waals surface area contributed by atoms with E-state index in [4.69, 9.17) is 10.5 Å². The lowest BCUT2D eigenvalue weighted by atomic mass is 10.4. The van der Waals surface area contributed by atoms with Gasteiger partial charge in [0.1, 0.15) is 11.6 Å². The summed E-state index contributed by atoms with van der Waals surface area (Å²) in [6.07, 6.45) is 2.00. The Morgan fingerprint density at radius 2 is 2.31 bits per heavy atom. The maximum absolute atomic E-state index is 5.60. The Hall–Kier alpha value is -0.810. The molecule has 0 aromatic carbocycles. The zero-order valence-corrected chi connectivity index (χ0v) is 8.60. The van der Waals surface area contributed by atoms with Gasteiger partial charge in [0, 0.05) is 13.2 Å². The quantitative estimate of drug-likeness (QED) is 0.786. The fourth-order valence-electron chi connectivity index (χ4n) is 0.991. The average Bonchev–Trinajstić information content (AvgIpc) is 2.04. The highest BCUT2D eigenvalue weighted by molar-refractivity contribution is 7.97. The van der Waals surface area contributed by atoms with Gasteiger partial charge in [-0.2, -0.15) is 11.8 Å². The summed E-state index contributed by atoms with van der Waals surface area (Å²) in [7, 11) is 1.63. The third-order valence-corrected chi connectivity index (χ3v) is 1.96. The van der Waals surface area contributed by atoms with E-state index in [1.165, 1.54) is 0 Å². The Morgan fingerprint density at radius 3 is 2.92 bits per heavy atom. The first-order chi connectivity index (χ1) is 6.26. The van der Waals surface area contributed by atoms with Gasteiger partial charge >= 0.3 is 0 Å². The van der Waals surface area contributed by atoms with Crippen LogP contribution >= 0.6 is 11.8 Å². The normalized spacial score (nSPS) is 10.3. The molecule has 0 aliphatic rings. The minimum absolute atomic E-state index is 0.480. The summed E-state index contributed by atoms with van der Waals surface area (Å²) in [6, 6.07) is 1.73. The molecule has 2 N–H and O–H groups in total. The highest BCUT2D eigenvalue weighted by atomic mass is 32.2. The summed E-state index contributed by atoms with van der Waals surface area (Å²) in [4.78, 5) is 8.37. The smallest absolute Gasteiger partial charge is 0.140 e. The maximum Gasteiger partial charge on any atom is 0.140 e. The van der Waals surface area contributed by atoms with E-state index in [1.54, 1.807) is 24.9 Å². The molecule has 0 fully saturated rings. The first-order valence-corrected chi connectivity index (χ1v) is 5.26. The summed E-state index contributed by atoms with van der Waals surface area (Å²) < 4.78 is 4.96. The summed E-state index contributed by atoms with van der Waals surface area (Å²) >= 11 is 1.67. The lowest BCUT2D eigenvalue weighted by Gasteiger charge is -2.03. The molecule has 72 valence electrons. The van der Waals surface area contributed by atoms with Crippen molar-refractivity contribution in [2.45, 2.75) is 12.4 Å². The number of ether oxygens (including phenoxy) is 1. The molecule has 4 nitrogen and oxygen atoms in total. The zero-order valence-electron chi connectivity index (χ0n) is 7.78. The molecule has 1 rings (SSSR count). The first kappa shape index (κ1) is 10.3. The molecule has 0 atom stereocenters. The predicted molar refractivity (Wildman–Crippen MR) is 54.4 cm³/mol. The van der Waals surface area contributed by atoms with Crippen LogP contribution in [-0.2, 0) is 17.1 Å². The Bertz CT molecular complexity index is 256. The second-order valence-corrected chi connectivity index (χ2v) is 3.43. The predicted octanol–water partition coefficient (Wildman–Crippen LogP) is 1.07. The van der Waals surface area contributed by atoms with Crippen molar-refractivity contribution < 1.29 is 4.74 Å². The Labute approximate surface area is 81.9 Å². The van der Waals surface area contributed by atoms with Crippen molar-refractivity contribution in [1.29, 1.82) is 0 Å². The molecule has 0 radical (unpaired) electrons. The number of nitrogen functional groups attached to an aromatic ring is 1. The van der Waals surface area contributed by atoms with Gasteiger partial charge in [-0.1, -0.05) is 0 Å². The van der Waals surface area contributed by atoms with E-state index in [0.29, 0.717) is 12.4 Å². The van der Waals surface area contributed by atoms with E-state index in [0.717, 1.165) is 17.3 Å². The number of aromatic nitrogens is 2. The van der Waals surface area contributed by atoms with Gasteiger partial charge in [-0.05, 0) is 6.26 Å². The standard InChI is InChI=1S/C8H13N3OS/c1-12-4-6-3-7(9)11-8(10-6)5-13-2/h3H,4-5H2,1-2H3,(H2,9,10,11). The van der Waals surface area contributed by atoms with E-state index >= 15 is 0 Å². The number of methoxy groups -OCH3 is 1. The lowest BCUT2D eigenvalue weighted by molar-refractivity contribution is 0.181. The summed E-state index contributed by atoms with van der Waals surface area (Å²) in [5.41, 5.74) is 6.44.